The Morgan fingerprint density at radius 1 is 1.23 bits per heavy atom. The number of benzene rings is 1. The minimum absolute atomic E-state index is 0.0375. The first-order valence-corrected chi connectivity index (χ1v) is 7.40. The van der Waals surface area contributed by atoms with Gasteiger partial charge in [-0.05, 0) is 23.6 Å². The molecule has 2 N–H and O–H groups in total. The molecule has 0 aliphatic carbocycles. The molecule has 6 heteroatoms. The first-order valence-electron chi connectivity index (χ1n) is 7.40. The van der Waals surface area contributed by atoms with Crippen LogP contribution in [-0.2, 0) is 13.0 Å². The van der Waals surface area contributed by atoms with Crippen LogP contribution >= 0.6 is 0 Å². The molecule has 0 amide bonds. The van der Waals surface area contributed by atoms with Gasteiger partial charge in [0.05, 0.1) is 20.3 Å². The van der Waals surface area contributed by atoms with Gasteiger partial charge in [-0.15, -0.1) is 0 Å². The predicted octanol–water partition coefficient (Wildman–Crippen LogP) is 1.56. The molecule has 0 spiro atoms. The van der Waals surface area contributed by atoms with Crippen molar-refractivity contribution in [2.24, 2.45) is 5.92 Å². The number of hydrogen-bond acceptors (Lipinski definition) is 5. The lowest BCUT2D eigenvalue weighted by atomic mass is 10.1. The summed E-state index contributed by atoms with van der Waals surface area (Å²) in [5.41, 5.74) is 1.06. The Kier molecular flexibility index (Phi) is 5.51. The Bertz CT molecular complexity index is 593. The molecule has 0 radical (unpaired) electrons. The Labute approximate surface area is 130 Å². The summed E-state index contributed by atoms with van der Waals surface area (Å²) < 4.78 is 6.72. The standard InChI is InChI=1S/C16H23N3O3/c1-11(2)15(21)16-17-14(18-19(16)8-9-20)10-12-4-6-13(22-3)7-5-12/h4-7,11,15,20-21H,8-10H2,1-3H3. The lowest BCUT2D eigenvalue weighted by Gasteiger charge is -2.14. The lowest BCUT2D eigenvalue weighted by molar-refractivity contribution is 0.110. The van der Waals surface area contributed by atoms with Gasteiger partial charge in [0, 0.05) is 6.42 Å². The average molecular weight is 305 g/mol. The van der Waals surface area contributed by atoms with E-state index in [1.807, 2.05) is 38.1 Å². The van der Waals surface area contributed by atoms with E-state index in [1.54, 1.807) is 11.8 Å². The van der Waals surface area contributed by atoms with Gasteiger partial charge < -0.3 is 14.9 Å². The summed E-state index contributed by atoms with van der Waals surface area (Å²) >= 11 is 0. The summed E-state index contributed by atoms with van der Waals surface area (Å²) in [6.07, 6.45) is -0.121. The molecule has 0 saturated carbocycles. The zero-order valence-electron chi connectivity index (χ0n) is 13.2. The number of nitrogens with zero attached hydrogens (tertiary/aromatic N) is 3. The third kappa shape index (κ3) is 3.84. The third-order valence-corrected chi connectivity index (χ3v) is 3.47. The number of aliphatic hydroxyl groups is 2. The molecule has 0 bridgehead atoms. The molecule has 1 unspecified atom stereocenters. The summed E-state index contributed by atoms with van der Waals surface area (Å²) in [5.74, 6) is 1.98. The fourth-order valence-electron chi connectivity index (χ4n) is 2.18. The van der Waals surface area contributed by atoms with Gasteiger partial charge in [0.15, 0.2) is 11.6 Å². The molecule has 120 valence electrons. The predicted molar refractivity (Wildman–Crippen MR) is 82.7 cm³/mol. The van der Waals surface area contributed by atoms with Crippen LogP contribution in [0.5, 0.6) is 5.75 Å². The van der Waals surface area contributed by atoms with Crippen molar-refractivity contribution in [2.75, 3.05) is 13.7 Å². The van der Waals surface area contributed by atoms with E-state index < -0.39 is 6.10 Å². The van der Waals surface area contributed by atoms with Crippen molar-refractivity contribution in [3.63, 3.8) is 0 Å². The maximum Gasteiger partial charge on any atom is 0.156 e. The lowest BCUT2D eigenvalue weighted by Crippen LogP contribution is -2.15. The van der Waals surface area contributed by atoms with Crippen LogP contribution in [0.4, 0.5) is 0 Å². The van der Waals surface area contributed by atoms with Crippen LogP contribution in [-0.4, -0.2) is 38.7 Å². The first-order chi connectivity index (χ1) is 10.5. The second-order valence-corrected chi connectivity index (χ2v) is 5.55. The van der Waals surface area contributed by atoms with Crippen LogP contribution < -0.4 is 4.74 Å². The van der Waals surface area contributed by atoms with Crippen molar-refractivity contribution in [3.8, 4) is 5.75 Å². The third-order valence-electron chi connectivity index (χ3n) is 3.47. The zero-order valence-corrected chi connectivity index (χ0v) is 13.2. The number of aromatic nitrogens is 3. The minimum atomic E-state index is -0.691. The van der Waals surface area contributed by atoms with Crippen molar-refractivity contribution in [2.45, 2.75) is 32.9 Å². The van der Waals surface area contributed by atoms with Crippen LogP contribution in [0, 0.1) is 5.92 Å². The molecule has 1 heterocycles. The molecule has 0 aliphatic rings. The highest BCUT2D eigenvalue weighted by Crippen LogP contribution is 2.21. The van der Waals surface area contributed by atoms with Crippen LogP contribution in [0.2, 0.25) is 0 Å². The summed E-state index contributed by atoms with van der Waals surface area (Å²) in [7, 11) is 1.63. The van der Waals surface area contributed by atoms with Crippen LogP contribution in [0.25, 0.3) is 0 Å². The maximum absolute atomic E-state index is 10.2. The van der Waals surface area contributed by atoms with Gasteiger partial charge in [0.1, 0.15) is 11.9 Å². The Morgan fingerprint density at radius 2 is 1.91 bits per heavy atom. The maximum atomic E-state index is 10.2. The molecule has 2 aromatic rings. The number of methoxy groups -OCH3 is 1. The SMILES string of the molecule is COc1ccc(Cc2nc(C(O)C(C)C)n(CCO)n2)cc1. The van der Waals surface area contributed by atoms with Gasteiger partial charge in [-0.25, -0.2) is 9.67 Å². The molecule has 0 saturated heterocycles. The molecule has 22 heavy (non-hydrogen) atoms. The Morgan fingerprint density at radius 3 is 2.45 bits per heavy atom. The second-order valence-electron chi connectivity index (χ2n) is 5.55. The van der Waals surface area contributed by atoms with Gasteiger partial charge in [0.2, 0.25) is 0 Å². The molecule has 1 aromatic heterocycles. The quantitative estimate of drug-likeness (QED) is 0.811. The van der Waals surface area contributed by atoms with Crippen LogP contribution in [0.1, 0.15) is 37.2 Å². The highest BCUT2D eigenvalue weighted by molar-refractivity contribution is 5.28. The number of rotatable bonds is 7. The average Bonchev–Trinajstić information content (AvgIpc) is 2.90. The smallest absolute Gasteiger partial charge is 0.156 e. The van der Waals surface area contributed by atoms with Gasteiger partial charge in [-0.3, -0.25) is 0 Å². The van der Waals surface area contributed by atoms with Crippen molar-refractivity contribution < 1.29 is 14.9 Å². The van der Waals surface area contributed by atoms with E-state index in [1.165, 1.54) is 0 Å². The van der Waals surface area contributed by atoms with Gasteiger partial charge in [-0.1, -0.05) is 26.0 Å². The fraction of sp³-hybridized carbons (Fsp3) is 0.500. The normalized spacial score (nSPS) is 12.6. The second kappa shape index (κ2) is 7.38. The highest BCUT2D eigenvalue weighted by atomic mass is 16.5. The van der Waals surface area contributed by atoms with E-state index >= 15 is 0 Å². The molecule has 0 aliphatic heterocycles. The topological polar surface area (TPSA) is 80.4 Å². The van der Waals surface area contributed by atoms with Crippen LogP contribution in [0.3, 0.4) is 0 Å². The Balaban J connectivity index is 2.21. The Hall–Kier alpha value is -1.92. The van der Waals surface area contributed by atoms with Crippen molar-refractivity contribution in [1.82, 2.24) is 14.8 Å². The van der Waals surface area contributed by atoms with Gasteiger partial charge in [0.25, 0.3) is 0 Å². The van der Waals surface area contributed by atoms with Gasteiger partial charge in [-0.2, -0.15) is 5.10 Å². The van der Waals surface area contributed by atoms with E-state index in [4.69, 9.17) is 9.84 Å². The summed E-state index contributed by atoms with van der Waals surface area (Å²) in [6.45, 7) is 4.13. The van der Waals surface area contributed by atoms with E-state index in [2.05, 4.69) is 10.1 Å². The largest absolute Gasteiger partial charge is 0.497 e. The van der Waals surface area contributed by atoms with Crippen LogP contribution in [0.15, 0.2) is 24.3 Å². The molecule has 2 rings (SSSR count). The van der Waals surface area contributed by atoms with E-state index in [9.17, 15) is 5.11 Å². The van der Waals surface area contributed by atoms with Gasteiger partial charge >= 0.3 is 0 Å². The summed E-state index contributed by atoms with van der Waals surface area (Å²) in [6, 6.07) is 7.71. The molecular formula is C16H23N3O3. The van der Waals surface area contributed by atoms with E-state index in [0.717, 1.165) is 11.3 Å². The number of aliphatic hydroxyl groups excluding tert-OH is 2. The molecule has 0 fully saturated rings. The fourth-order valence-corrected chi connectivity index (χ4v) is 2.18. The van der Waals surface area contributed by atoms with Crippen molar-refractivity contribution >= 4 is 0 Å². The number of hydrogen-bond donors (Lipinski definition) is 2. The molecule has 1 atom stereocenters. The molecule has 6 nitrogen and oxygen atoms in total. The zero-order chi connectivity index (χ0) is 16.1. The first kappa shape index (κ1) is 16.5. The highest BCUT2D eigenvalue weighted by Gasteiger charge is 2.20. The molecular weight excluding hydrogens is 282 g/mol. The van der Waals surface area contributed by atoms with Crippen molar-refractivity contribution in [3.05, 3.63) is 41.5 Å². The summed E-state index contributed by atoms with van der Waals surface area (Å²) in [5, 5.41) is 23.8. The van der Waals surface area contributed by atoms with E-state index in [0.29, 0.717) is 24.6 Å². The molecule has 1 aromatic carbocycles. The number of ether oxygens (including phenoxy) is 1. The monoisotopic (exact) mass is 305 g/mol. The minimum Gasteiger partial charge on any atom is -0.497 e. The summed E-state index contributed by atoms with van der Waals surface area (Å²) in [4.78, 5) is 4.45. The van der Waals surface area contributed by atoms with Crippen molar-refractivity contribution in [1.29, 1.82) is 0 Å². The van der Waals surface area contributed by atoms with E-state index in [-0.39, 0.29) is 12.5 Å².